The van der Waals surface area contributed by atoms with Crippen LogP contribution in [0, 0.1) is 17.3 Å². The lowest BCUT2D eigenvalue weighted by Gasteiger charge is -2.15. The van der Waals surface area contributed by atoms with E-state index in [1.807, 2.05) is 0 Å². The van der Waals surface area contributed by atoms with E-state index in [0.29, 0.717) is 11.5 Å². The quantitative estimate of drug-likeness (QED) is 0.588. The Morgan fingerprint density at radius 1 is 1.50 bits per heavy atom. The van der Waals surface area contributed by atoms with Crippen LogP contribution < -0.4 is 5.73 Å². The Morgan fingerprint density at radius 2 is 2.20 bits per heavy atom. The van der Waals surface area contributed by atoms with Crippen LogP contribution in [-0.2, 0) is 0 Å². The van der Waals surface area contributed by atoms with Gasteiger partial charge in [0, 0.05) is 6.04 Å². The second-order valence-corrected chi connectivity index (χ2v) is 4.40. The molecule has 58 valence electrons. The van der Waals surface area contributed by atoms with Crippen molar-refractivity contribution in [2.75, 3.05) is 0 Å². The maximum Gasteiger partial charge on any atom is 0.00729 e. The van der Waals surface area contributed by atoms with E-state index in [4.69, 9.17) is 5.73 Å². The topological polar surface area (TPSA) is 26.0 Å². The van der Waals surface area contributed by atoms with E-state index >= 15 is 0 Å². The van der Waals surface area contributed by atoms with Crippen LogP contribution in [0.15, 0.2) is 0 Å². The van der Waals surface area contributed by atoms with Gasteiger partial charge in [0.1, 0.15) is 0 Å². The van der Waals surface area contributed by atoms with Gasteiger partial charge in [0.2, 0.25) is 0 Å². The minimum atomic E-state index is 0.544. The Hall–Kier alpha value is -0.0400. The third kappa shape index (κ3) is 0.619. The van der Waals surface area contributed by atoms with Gasteiger partial charge in [0.05, 0.1) is 0 Å². The fraction of sp³-hybridized carbons (Fsp3) is 1.00. The van der Waals surface area contributed by atoms with Gasteiger partial charge in [0.15, 0.2) is 0 Å². The fourth-order valence-corrected chi connectivity index (χ4v) is 2.80. The maximum absolute atomic E-state index is 5.94. The summed E-state index contributed by atoms with van der Waals surface area (Å²) < 4.78 is 0. The van der Waals surface area contributed by atoms with E-state index in [1.165, 1.54) is 19.3 Å². The molecule has 0 saturated heterocycles. The number of hydrogen-bond acceptors (Lipinski definition) is 1. The van der Waals surface area contributed by atoms with Gasteiger partial charge in [-0.1, -0.05) is 13.8 Å². The Morgan fingerprint density at radius 3 is 2.40 bits per heavy atom. The highest BCUT2D eigenvalue weighted by Crippen LogP contribution is 2.66. The molecule has 2 fully saturated rings. The highest BCUT2D eigenvalue weighted by molar-refractivity contribution is 5.13. The van der Waals surface area contributed by atoms with Crippen molar-refractivity contribution in [3.8, 4) is 0 Å². The van der Waals surface area contributed by atoms with Crippen molar-refractivity contribution in [3.63, 3.8) is 0 Å². The molecule has 1 nitrogen and oxygen atoms in total. The van der Waals surface area contributed by atoms with Crippen molar-refractivity contribution < 1.29 is 0 Å². The van der Waals surface area contributed by atoms with Gasteiger partial charge in [-0.25, -0.2) is 0 Å². The molecule has 10 heavy (non-hydrogen) atoms. The van der Waals surface area contributed by atoms with Crippen LogP contribution in [0.25, 0.3) is 0 Å². The van der Waals surface area contributed by atoms with Gasteiger partial charge in [-0.3, -0.25) is 0 Å². The minimum absolute atomic E-state index is 0.544. The van der Waals surface area contributed by atoms with E-state index in [0.717, 1.165) is 11.8 Å². The largest absolute Gasteiger partial charge is 0.327 e. The Bertz CT molecular complexity index is 153. The van der Waals surface area contributed by atoms with E-state index in [9.17, 15) is 0 Å². The van der Waals surface area contributed by atoms with Crippen LogP contribution >= 0.6 is 0 Å². The Kier molecular flexibility index (Phi) is 1.17. The number of nitrogens with two attached hydrogens (primary N) is 1. The average molecular weight is 139 g/mol. The maximum atomic E-state index is 5.94. The summed E-state index contributed by atoms with van der Waals surface area (Å²) in [5.41, 5.74) is 6.65. The van der Waals surface area contributed by atoms with Crippen molar-refractivity contribution in [1.29, 1.82) is 0 Å². The van der Waals surface area contributed by atoms with Gasteiger partial charge >= 0.3 is 0 Å². The summed E-state index contributed by atoms with van der Waals surface area (Å²) in [6.07, 6.45) is 4.10. The fourth-order valence-electron chi connectivity index (χ4n) is 2.80. The molecule has 0 aromatic rings. The van der Waals surface area contributed by atoms with Gasteiger partial charge in [-0.2, -0.15) is 0 Å². The zero-order chi connectivity index (χ0) is 7.35. The smallest absolute Gasteiger partial charge is 0.00729 e. The molecule has 0 heterocycles. The summed E-state index contributed by atoms with van der Waals surface area (Å²) in [6.45, 7) is 4.69. The zero-order valence-corrected chi connectivity index (χ0v) is 6.93. The molecule has 0 bridgehead atoms. The Labute approximate surface area is 63.0 Å². The van der Waals surface area contributed by atoms with Crippen LogP contribution in [0.1, 0.15) is 33.1 Å². The second kappa shape index (κ2) is 1.76. The monoisotopic (exact) mass is 139 g/mol. The molecule has 0 aliphatic heterocycles. The lowest BCUT2D eigenvalue weighted by atomic mass is 9.90. The molecular formula is C9H17N. The number of fused-ring (bicyclic) bond motifs is 1. The van der Waals surface area contributed by atoms with Gasteiger partial charge in [-0.15, -0.1) is 0 Å². The van der Waals surface area contributed by atoms with E-state index < -0.39 is 0 Å². The lowest BCUT2D eigenvalue weighted by Crippen LogP contribution is -2.19. The first kappa shape index (κ1) is 6.66. The molecule has 2 saturated carbocycles. The third-order valence-corrected chi connectivity index (χ3v) is 3.79. The second-order valence-electron chi connectivity index (χ2n) is 4.40. The lowest BCUT2D eigenvalue weighted by molar-refractivity contribution is 0.343. The SMILES string of the molecule is CC(C)C12CCC(N)C1C2. The van der Waals surface area contributed by atoms with Crippen LogP contribution in [-0.4, -0.2) is 6.04 Å². The third-order valence-electron chi connectivity index (χ3n) is 3.79. The molecule has 0 amide bonds. The molecule has 1 heteroatoms. The molecule has 2 aliphatic rings. The summed E-state index contributed by atoms with van der Waals surface area (Å²) in [5.74, 6) is 1.76. The predicted octanol–water partition coefficient (Wildman–Crippen LogP) is 1.77. The van der Waals surface area contributed by atoms with Crippen LogP contribution in [0.5, 0.6) is 0 Å². The standard InChI is InChI=1S/C9H17N/c1-6(2)9-4-3-8(10)7(9)5-9/h6-8H,3-5,10H2,1-2H3. The van der Waals surface area contributed by atoms with Gasteiger partial charge < -0.3 is 5.73 Å². The molecule has 0 radical (unpaired) electrons. The Balaban J connectivity index is 2.11. The summed E-state index contributed by atoms with van der Waals surface area (Å²) in [7, 11) is 0. The average Bonchev–Trinajstić information content (AvgIpc) is 2.52. The minimum Gasteiger partial charge on any atom is -0.327 e. The molecule has 2 aliphatic carbocycles. The summed E-state index contributed by atoms with van der Waals surface area (Å²) in [6, 6.07) is 0.544. The first-order valence-corrected chi connectivity index (χ1v) is 4.42. The highest BCUT2D eigenvalue weighted by Gasteiger charge is 2.61. The molecule has 0 spiro atoms. The van der Waals surface area contributed by atoms with Crippen molar-refractivity contribution in [2.24, 2.45) is 23.0 Å². The predicted molar refractivity (Wildman–Crippen MR) is 42.6 cm³/mol. The van der Waals surface area contributed by atoms with Crippen LogP contribution in [0.2, 0.25) is 0 Å². The van der Waals surface area contributed by atoms with Gasteiger partial charge in [0.25, 0.3) is 0 Å². The molecule has 2 rings (SSSR count). The van der Waals surface area contributed by atoms with E-state index in [1.54, 1.807) is 0 Å². The van der Waals surface area contributed by atoms with Gasteiger partial charge in [-0.05, 0) is 36.5 Å². The van der Waals surface area contributed by atoms with Crippen LogP contribution in [0.4, 0.5) is 0 Å². The summed E-state index contributed by atoms with van der Waals surface area (Å²) in [4.78, 5) is 0. The summed E-state index contributed by atoms with van der Waals surface area (Å²) >= 11 is 0. The normalized spacial score (nSPS) is 51.6. The van der Waals surface area contributed by atoms with Crippen molar-refractivity contribution in [1.82, 2.24) is 0 Å². The molecule has 3 unspecified atom stereocenters. The first-order valence-electron chi connectivity index (χ1n) is 4.42. The number of hydrogen-bond donors (Lipinski definition) is 1. The van der Waals surface area contributed by atoms with E-state index in [-0.39, 0.29) is 0 Å². The van der Waals surface area contributed by atoms with Crippen molar-refractivity contribution >= 4 is 0 Å². The highest BCUT2D eigenvalue weighted by atomic mass is 14.8. The van der Waals surface area contributed by atoms with Crippen LogP contribution in [0.3, 0.4) is 0 Å². The molecule has 3 atom stereocenters. The summed E-state index contributed by atoms with van der Waals surface area (Å²) in [5, 5.41) is 0. The molecular weight excluding hydrogens is 122 g/mol. The van der Waals surface area contributed by atoms with E-state index in [2.05, 4.69) is 13.8 Å². The zero-order valence-electron chi connectivity index (χ0n) is 6.93. The molecule has 0 aromatic heterocycles. The molecule has 2 N–H and O–H groups in total. The van der Waals surface area contributed by atoms with Crippen molar-refractivity contribution in [2.45, 2.75) is 39.2 Å². The molecule has 0 aromatic carbocycles. The van der Waals surface area contributed by atoms with Crippen molar-refractivity contribution in [3.05, 3.63) is 0 Å². The number of rotatable bonds is 1. The first-order chi connectivity index (χ1) is 4.67.